The largest absolute Gasteiger partial charge is 0.493 e. The average molecular weight is 501 g/mol. The van der Waals surface area contributed by atoms with Crippen LogP contribution in [0.25, 0.3) is 6.08 Å². The van der Waals surface area contributed by atoms with Gasteiger partial charge in [0.15, 0.2) is 11.5 Å². The summed E-state index contributed by atoms with van der Waals surface area (Å²) in [4.78, 5) is 26.4. The number of hydrogen-bond acceptors (Lipinski definition) is 5. The summed E-state index contributed by atoms with van der Waals surface area (Å²) in [5.41, 5.74) is 1.16. The van der Waals surface area contributed by atoms with E-state index in [2.05, 4.69) is 15.9 Å². The molecule has 9 heteroatoms. The third-order valence-electron chi connectivity index (χ3n) is 4.06. The molecule has 0 atom stereocenters. The third-order valence-corrected chi connectivity index (χ3v) is 5.90. The highest BCUT2D eigenvalue weighted by atomic mass is 79.9. The number of hydrogen-bond donors (Lipinski definition) is 0. The number of carbonyl (C=O) groups is 2. The minimum Gasteiger partial charge on any atom is -0.493 e. The lowest BCUT2D eigenvalue weighted by Crippen LogP contribution is -2.27. The molecule has 1 aliphatic heterocycles. The van der Waals surface area contributed by atoms with Crippen LogP contribution >= 0.6 is 39.3 Å². The highest BCUT2D eigenvalue weighted by Gasteiger charge is 2.35. The van der Waals surface area contributed by atoms with Crippen molar-refractivity contribution in [1.82, 2.24) is 4.90 Å². The van der Waals surface area contributed by atoms with Gasteiger partial charge in [-0.1, -0.05) is 17.7 Å². The van der Waals surface area contributed by atoms with Crippen LogP contribution in [0.3, 0.4) is 0 Å². The van der Waals surface area contributed by atoms with Gasteiger partial charge in [0.1, 0.15) is 5.82 Å². The number of imide groups is 1. The Morgan fingerprint density at radius 2 is 2.03 bits per heavy atom. The van der Waals surface area contributed by atoms with Crippen molar-refractivity contribution in [3.05, 3.63) is 61.7 Å². The number of halogens is 3. The van der Waals surface area contributed by atoms with Crippen LogP contribution in [0.15, 0.2) is 39.7 Å². The summed E-state index contributed by atoms with van der Waals surface area (Å²) in [5.74, 6) is 0.142. The van der Waals surface area contributed by atoms with E-state index in [-0.39, 0.29) is 16.5 Å². The van der Waals surface area contributed by atoms with Gasteiger partial charge >= 0.3 is 0 Å². The van der Waals surface area contributed by atoms with Crippen molar-refractivity contribution in [3.8, 4) is 11.5 Å². The maximum atomic E-state index is 13.2. The zero-order chi connectivity index (χ0) is 21.1. The molecule has 1 heterocycles. The Bertz CT molecular complexity index is 1010. The van der Waals surface area contributed by atoms with E-state index in [1.54, 1.807) is 18.2 Å². The molecule has 0 N–H and O–H groups in total. The Hall–Kier alpha value is -2.03. The molecule has 0 radical (unpaired) electrons. The van der Waals surface area contributed by atoms with E-state index in [0.717, 1.165) is 22.7 Å². The van der Waals surface area contributed by atoms with E-state index < -0.39 is 17.0 Å². The molecule has 3 rings (SSSR count). The molecule has 0 unspecified atom stereocenters. The lowest BCUT2D eigenvalue weighted by atomic mass is 10.1. The Balaban J connectivity index is 1.87. The SMILES string of the molecule is CCOc1c(Br)cc(/C=C2/SC(=O)N(Cc3ccc(F)cc3Cl)C2=O)cc1OC. The fourth-order valence-electron chi connectivity index (χ4n) is 2.72. The molecule has 0 bridgehead atoms. The van der Waals surface area contributed by atoms with Crippen molar-refractivity contribution < 1.29 is 23.5 Å². The molecule has 0 aromatic heterocycles. The second-order valence-corrected chi connectivity index (χ2v) is 8.23. The van der Waals surface area contributed by atoms with Gasteiger partial charge in [-0.05, 0) is 76.1 Å². The van der Waals surface area contributed by atoms with E-state index in [4.69, 9.17) is 21.1 Å². The summed E-state index contributed by atoms with van der Waals surface area (Å²) in [7, 11) is 1.52. The van der Waals surface area contributed by atoms with Crippen LogP contribution in [0.5, 0.6) is 11.5 Å². The first-order valence-corrected chi connectivity index (χ1v) is 10.5. The van der Waals surface area contributed by atoms with Crippen molar-refractivity contribution in [1.29, 1.82) is 0 Å². The van der Waals surface area contributed by atoms with Crippen LogP contribution in [0.1, 0.15) is 18.1 Å². The monoisotopic (exact) mass is 499 g/mol. The second-order valence-electron chi connectivity index (χ2n) is 5.97. The summed E-state index contributed by atoms with van der Waals surface area (Å²) in [5, 5.41) is -0.258. The first kappa shape index (κ1) is 21.7. The Morgan fingerprint density at radius 1 is 1.28 bits per heavy atom. The number of ether oxygens (including phenoxy) is 2. The molecule has 29 heavy (non-hydrogen) atoms. The normalized spacial score (nSPS) is 15.3. The Labute approximate surface area is 184 Å². The molecular weight excluding hydrogens is 485 g/mol. The van der Waals surface area contributed by atoms with Crippen molar-refractivity contribution in [3.63, 3.8) is 0 Å². The van der Waals surface area contributed by atoms with Crippen molar-refractivity contribution in [2.75, 3.05) is 13.7 Å². The van der Waals surface area contributed by atoms with E-state index in [1.807, 2.05) is 6.92 Å². The molecule has 0 saturated carbocycles. The third kappa shape index (κ3) is 4.76. The summed E-state index contributed by atoms with van der Waals surface area (Å²) < 4.78 is 24.8. The van der Waals surface area contributed by atoms with Gasteiger partial charge in [-0.15, -0.1) is 0 Å². The lowest BCUT2D eigenvalue weighted by molar-refractivity contribution is -0.123. The van der Waals surface area contributed by atoms with Gasteiger partial charge in [0.25, 0.3) is 11.1 Å². The summed E-state index contributed by atoms with van der Waals surface area (Å²) in [6.45, 7) is 2.31. The average Bonchev–Trinajstić information content (AvgIpc) is 2.93. The van der Waals surface area contributed by atoms with E-state index in [0.29, 0.717) is 33.7 Å². The zero-order valence-corrected chi connectivity index (χ0v) is 18.7. The molecule has 2 amide bonds. The molecule has 0 aliphatic carbocycles. The van der Waals surface area contributed by atoms with E-state index >= 15 is 0 Å². The second kappa shape index (κ2) is 9.19. The first-order chi connectivity index (χ1) is 13.8. The number of carbonyl (C=O) groups excluding carboxylic acids is 2. The highest BCUT2D eigenvalue weighted by Crippen LogP contribution is 2.39. The molecule has 1 saturated heterocycles. The molecule has 1 aliphatic rings. The van der Waals surface area contributed by atoms with E-state index in [9.17, 15) is 14.0 Å². The standard InChI is InChI=1S/C20H16BrClFNO4S/c1-3-28-18-14(21)6-11(7-16(18)27-2)8-17-19(25)24(20(26)29-17)10-12-4-5-13(23)9-15(12)22/h4-9H,3,10H2,1-2H3/b17-8+. The number of thioether (sulfide) groups is 1. The van der Waals surface area contributed by atoms with Crippen LogP contribution < -0.4 is 9.47 Å². The topological polar surface area (TPSA) is 55.8 Å². The molecule has 152 valence electrons. The van der Waals surface area contributed by atoms with Crippen LogP contribution in [0.2, 0.25) is 5.02 Å². The first-order valence-electron chi connectivity index (χ1n) is 8.53. The minimum absolute atomic E-state index is 0.0303. The van der Waals surface area contributed by atoms with Gasteiger partial charge < -0.3 is 9.47 Å². The van der Waals surface area contributed by atoms with Gasteiger partial charge in [-0.2, -0.15) is 0 Å². The van der Waals surface area contributed by atoms with Crippen molar-refractivity contribution >= 4 is 56.5 Å². The number of amides is 2. The number of methoxy groups -OCH3 is 1. The zero-order valence-electron chi connectivity index (χ0n) is 15.5. The molecule has 2 aromatic carbocycles. The van der Waals surface area contributed by atoms with Gasteiger partial charge in [-0.3, -0.25) is 14.5 Å². The van der Waals surface area contributed by atoms with Gasteiger partial charge in [0.05, 0.1) is 29.6 Å². The predicted octanol–water partition coefficient (Wildman–Crippen LogP) is 5.89. The molecule has 2 aromatic rings. The van der Waals surface area contributed by atoms with Crippen LogP contribution in [-0.4, -0.2) is 29.8 Å². The Kier molecular flexibility index (Phi) is 6.87. The van der Waals surface area contributed by atoms with Gasteiger partial charge in [0, 0.05) is 5.02 Å². The maximum Gasteiger partial charge on any atom is 0.293 e. The molecule has 5 nitrogen and oxygen atoms in total. The van der Waals surface area contributed by atoms with Crippen LogP contribution in [-0.2, 0) is 11.3 Å². The van der Waals surface area contributed by atoms with Gasteiger partial charge in [0.2, 0.25) is 0 Å². The Morgan fingerprint density at radius 3 is 2.69 bits per heavy atom. The van der Waals surface area contributed by atoms with Crippen molar-refractivity contribution in [2.45, 2.75) is 13.5 Å². The predicted molar refractivity (Wildman–Crippen MR) is 115 cm³/mol. The number of nitrogens with zero attached hydrogens (tertiary/aromatic N) is 1. The number of benzene rings is 2. The van der Waals surface area contributed by atoms with Crippen molar-refractivity contribution in [2.24, 2.45) is 0 Å². The summed E-state index contributed by atoms with van der Waals surface area (Å²) >= 11 is 10.3. The fourth-order valence-corrected chi connectivity index (χ4v) is 4.35. The number of rotatable bonds is 6. The lowest BCUT2D eigenvalue weighted by Gasteiger charge is -2.14. The van der Waals surface area contributed by atoms with Crippen LogP contribution in [0.4, 0.5) is 9.18 Å². The minimum atomic E-state index is -0.484. The quantitative estimate of drug-likeness (QED) is 0.463. The molecule has 1 fully saturated rings. The fraction of sp³-hybridized carbons (Fsp3) is 0.200. The van der Waals surface area contributed by atoms with Gasteiger partial charge in [-0.25, -0.2) is 4.39 Å². The molecule has 0 spiro atoms. The van der Waals surface area contributed by atoms with Crippen LogP contribution in [0, 0.1) is 5.82 Å². The van der Waals surface area contributed by atoms with E-state index in [1.165, 1.54) is 19.2 Å². The summed E-state index contributed by atoms with van der Waals surface area (Å²) in [6, 6.07) is 7.34. The summed E-state index contributed by atoms with van der Waals surface area (Å²) in [6.07, 6.45) is 1.61. The highest BCUT2D eigenvalue weighted by molar-refractivity contribution is 9.10. The smallest absolute Gasteiger partial charge is 0.293 e. The molecular formula is C20H16BrClFNO4S. The maximum absolute atomic E-state index is 13.2.